The lowest BCUT2D eigenvalue weighted by Crippen LogP contribution is -2.25. The Kier molecular flexibility index (Phi) is 6.99. The fourth-order valence-corrected chi connectivity index (χ4v) is 2.04. The SMILES string of the molecule is COCCNCC(C)Cc1ccc(C(C)C)cc1. The normalized spacial score (nSPS) is 12.9. The molecule has 1 rings (SSSR count). The topological polar surface area (TPSA) is 21.3 Å². The van der Waals surface area contributed by atoms with Crippen LogP contribution in [0.4, 0.5) is 0 Å². The van der Waals surface area contributed by atoms with E-state index in [0.717, 1.165) is 26.1 Å². The van der Waals surface area contributed by atoms with Crippen molar-refractivity contribution in [2.24, 2.45) is 5.92 Å². The van der Waals surface area contributed by atoms with E-state index in [4.69, 9.17) is 4.74 Å². The van der Waals surface area contributed by atoms with Crippen LogP contribution in [0.2, 0.25) is 0 Å². The number of benzene rings is 1. The molecular formula is C16H27NO. The predicted molar refractivity (Wildman–Crippen MR) is 78.1 cm³/mol. The van der Waals surface area contributed by atoms with Crippen molar-refractivity contribution in [1.82, 2.24) is 5.32 Å². The average Bonchev–Trinajstić information content (AvgIpc) is 2.35. The number of hydrogen-bond acceptors (Lipinski definition) is 2. The van der Waals surface area contributed by atoms with Gasteiger partial charge in [0.2, 0.25) is 0 Å². The fourth-order valence-electron chi connectivity index (χ4n) is 2.04. The highest BCUT2D eigenvalue weighted by molar-refractivity contribution is 5.24. The van der Waals surface area contributed by atoms with Crippen LogP contribution < -0.4 is 5.32 Å². The molecule has 1 aromatic rings. The molecule has 18 heavy (non-hydrogen) atoms. The van der Waals surface area contributed by atoms with Crippen LogP contribution in [0.5, 0.6) is 0 Å². The van der Waals surface area contributed by atoms with Gasteiger partial charge in [-0.2, -0.15) is 0 Å². The van der Waals surface area contributed by atoms with Gasteiger partial charge in [0.05, 0.1) is 6.61 Å². The summed E-state index contributed by atoms with van der Waals surface area (Å²) in [6, 6.07) is 9.04. The minimum Gasteiger partial charge on any atom is -0.383 e. The Balaban J connectivity index is 2.32. The van der Waals surface area contributed by atoms with E-state index in [1.165, 1.54) is 11.1 Å². The molecule has 0 aromatic heterocycles. The number of ether oxygens (including phenoxy) is 1. The molecule has 0 amide bonds. The number of rotatable bonds is 8. The molecule has 0 saturated heterocycles. The molecule has 1 aromatic carbocycles. The van der Waals surface area contributed by atoms with E-state index < -0.39 is 0 Å². The summed E-state index contributed by atoms with van der Waals surface area (Å²) in [4.78, 5) is 0. The minimum absolute atomic E-state index is 0.618. The number of nitrogens with one attached hydrogen (secondary N) is 1. The summed E-state index contributed by atoms with van der Waals surface area (Å²) in [6.45, 7) is 9.53. The second-order valence-corrected chi connectivity index (χ2v) is 5.40. The zero-order chi connectivity index (χ0) is 13.4. The maximum Gasteiger partial charge on any atom is 0.0587 e. The minimum atomic E-state index is 0.618. The highest BCUT2D eigenvalue weighted by Gasteiger charge is 2.04. The monoisotopic (exact) mass is 249 g/mol. The molecular weight excluding hydrogens is 222 g/mol. The zero-order valence-electron chi connectivity index (χ0n) is 12.2. The summed E-state index contributed by atoms with van der Waals surface area (Å²) in [6.07, 6.45) is 1.14. The first kappa shape index (κ1) is 15.2. The molecule has 0 aliphatic carbocycles. The molecule has 0 bridgehead atoms. The molecule has 0 fully saturated rings. The first-order valence-electron chi connectivity index (χ1n) is 6.92. The van der Waals surface area contributed by atoms with Gasteiger partial charge in [-0.1, -0.05) is 45.0 Å². The summed E-state index contributed by atoms with van der Waals surface area (Å²) in [5, 5.41) is 3.41. The van der Waals surface area contributed by atoms with Crippen LogP contribution in [-0.2, 0) is 11.2 Å². The van der Waals surface area contributed by atoms with E-state index in [9.17, 15) is 0 Å². The van der Waals surface area contributed by atoms with Gasteiger partial charge < -0.3 is 10.1 Å². The standard InChI is InChI=1S/C16H27NO/c1-13(2)16-7-5-15(6-8-16)11-14(3)12-17-9-10-18-4/h5-8,13-14,17H,9-12H2,1-4H3. The smallest absolute Gasteiger partial charge is 0.0587 e. The summed E-state index contributed by atoms with van der Waals surface area (Å²) in [5.41, 5.74) is 2.85. The summed E-state index contributed by atoms with van der Waals surface area (Å²) in [7, 11) is 1.74. The zero-order valence-corrected chi connectivity index (χ0v) is 12.2. The number of methoxy groups -OCH3 is 1. The van der Waals surface area contributed by atoms with E-state index in [1.807, 2.05) is 0 Å². The van der Waals surface area contributed by atoms with Gasteiger partial charge >= 0.3 is 0 Å². The lowest BCUT2D eigenvalue weighted by Gasteiger charge is -2.13. The van der Waals surface area contributed by atoms with E-state index in [-0.39, 0.29) is 0 Å². The van der Waals surface area contributed by atoms with Gasteiger partial charge in [-0.3, -0.25) is 0 Å². The molecule has 1 N–H and O–H groups in total. The summed E-state index contributed by atoms with van der Waals surface area (Å²) >= 11 is 0. The maximum atomic E-state index is 5.01. The Bertz CT molecular complexity index is 318. The maximum absolute atomic E-state index is 5.01. The van der Waals surface area contributed by atoms with Crippen LogP contribution in [0, 0.1) is 5.92 Å². The fraction of sp³-hybridized carbons (Fsp3) is 0.625. The van der Waals surface area contributed by atoms with E-state index in [2.05, 4.69) is 50.4 Å². The molecule has 0 aliphatic heterocycles. The van der Waals surface area contributed by atoms with Crippen molar-refractivity contribution < 1.29 is 4.74 Å². The molecule has 0 aliphatic rings. The Morgan fingerprint density at radius 2 is 1.78 bits per heavy atom. The second kappa shape index (κ2) is 8.28. The Hall–Kier alpha value is -0.860. The van der Waals surface area contributed by atoms with Gasteiger partial charge in [0.15, 0.2) is 0 Å². The lowest BCUT2D eigenvalue weighted by atomic mass is 9.97. The van der Waals surface area contributed by atoms with Crippen molar-refractivity contribution >= 4 is 0 Å². The third-order valence-corrected chi connectivity index (χ3v) is 3.21. The van der Waals surface area contributed by atoms with Crippen LogP contribution in [0.15, 0.2) is 24.3 Å². The predicted octanol–water partition coefficient (Wildman–Crippen LogP) is 3.22. The van der Waals surface area contributed by atoms with Gasteiger partial charge in [0.25, 0.3) is 0 Å². The van der Waals surface area contributed by atoms with E-state index >= 15 is 0 Å². The van der Waals surface area contributed by atoms with Gasteiger partial charge in [0.1, 0.15) is 0 Å². The lowest BCUT2D eigenvalue weighted by molar-refractivity contribution is 0.198. The van der Waals surface area contributed by atoms with Crippen LogP contribution in [0.25, 0.3) is 0 Å². The quantitative estimate of drug-likeness (QED) is 0.714. The molecule has 102 valence electrons. The van der Waals surface area contributed by atoms with Crippen molar-refractivity contribution in [3.8, 4) is 0 Å². The molecule has 1 unspecified atom stereocenters. The van der Waals surface area contributed by atoms with Crippen LogP contribution in [0.1, 0.15) is 37.8 Å². The molecule has 0 radical (unpaired) electrons. The largest absolute Gasteiger partial charge is 0.383 e. The Morgan fingerprint density at radius 1 is 1.11 bits per heavy atom. The van der Waals surface area contributed by atoms with Gasteiger partial charge in [0, 0.05) is 13.7 Å². The second-order valence-electron chi connectivity index (χ2n) is 5.40. The highest BCUT2D eigenvalue weighted by Crippen LogP contribution is 2.16. The molecule has 1 atom stereocenters. The van der Waals surface area contributed by atoms with Crippen molar-refractivity contribution in [2.45, 2.75) is 33.1 Å². The Morgan fingerprint density at radius 3 is 2.33 bits per heavy atom. The van der Waals surface area contributed by atoms with Crippen molar-refractivity contribution in [3.63, 3.8) is 0 Å². The highest BCUT2D eigenvalue weighted by atomic mass is 16.5. The van der Waals surface area contributed by atoms with Gasteiger partial charge in [-0.05, 0) is 35.9 Å². The molecule has 0 saturated carbocycles. The first-order chi connectivity index (χ1) is 8.63. The summed E-state index contributed by atoms with van der Waals surface area (Å²) in [5.74, 6) is 1.28. The molecule has 2 nitrogen and oxygen atoms in total. The van der Waals surface area contributed by atoms with E-state index in [0.29, 0.717) is 11.8 Å². The van der Waals surface area contributed by atoms with E-state index in [1.54, 1.807) is 7.11 Å². The number of hydrogen-bond donors (Lipinski definition) is 1. The first-order valence-corrected chi connectivity index (χ1v) is 6.92. The van der Waals surface area contributed by atoms with Crippen molar-refractivity contribution in [3.05, 3.63) is 35.4 Å². The molecule has 2 heteroatoms. The van der Waals surface area contributed by atoms with Crippen LogP contribution in [-0.4, -0.2) is 26.8 Å². The van der Waals surface area contributed by atoms with Gasteiger partial charge in [-0.25, -0.2) is 0 Å². The molecule has 0 spiro atoms. The summed E-state index contributed by atoms with van der Waals surface area (Å²) < 4.78 is 5.01. The van der Waals surface area contributed by atoms with Crippen LogP contribution >= 0.6 is 0 Å². The third-order valence-electron chi connectivity index (χ3n) is 3.21. The molecule has 0 heterocycles. The van der Waals surface area contributed by atoms with Gasteiger partial charge in [-0.15, -0.1) is 0 Å². The van der Waals surface area contributed by atoms with Crippen LogP contribution in [0.3, 0.4) is 0 Å². The Labute approximate surface area is 112 Å². The average molecular weight is 249 g/mol. The third kappa shape index (κ3) is 5.65. The van der Waals surface area contributed by atoms with Crippen molar-refractivity contribution in [2.75, 3.05) is 26.8 Å². The van der Waals surface area contributed by atoms with Crippen molar-refractivity contribution in [1.29, 1.82) is 0 Å².